The third-order valence-electron chi connectivity index (χ3n) is 8.88. The molecule has 214 valence electrons. The molecule has 3 aromatic heterocycles. The lowest BCUT2D eigenvalue weighted by atomic mass is 9.85. The van der Waals surface area contributed by atoms with Crippen molar-refractivity contribution in [3.8, 4) is 0 Å². The van der Waals surface area contributed by atoms with Crippen molar-refractivity contribution in [1.29, 1.82) is 0 Å². The van der Waals surface area contributed by atoms with Gasteiger partial charge < -0.3 is 10.3 Å². The molecule has 1 aliphatic heterocycles. The van der Waals surface area contributed by atoms with Gasteiger partial charge in [-0.3, -0.25) is 14.5 Å². The van der Waals surface area contributed by atoms with Gasteiger partial charge in [-0.1, -0.05) is 52.0 Å². The first kappa shape index (κ1) is 27.9. The Balaban J connectivity index is 1.15. The fraction of sp³-hybridized carbons (Fsp3) is 0.441. The molecule has 6 rings (SSSR count). The second kappa shape index (κ2) is 11.2. The molecule has 0 saturated carbocycles. The first-order chi connectivity index (χ1) is 19.7. The van der Waals surface area contributed by atoms with Crippen LogP contribution in [0.2, 0.25) is 0 Å². The number of nitrogens with one attached hydrogen (secondary N) is 2. The number of nitrogens with zero attached hydrogens (tertiary/aromatic N) is 2. The summed E-state index contributed by atoms with van der Waals surface area (Å²) in [7, 11) is 0. The largest absolute Gasteiger partial charge is 0.346 e. The fourth-order valence-corrected chi connectivity index (χ4v) is 7.86. The molecule has 2 N–H and O–H groups in total. The number of aromatic amines is 1. The van der Waals surface area contributed by atoms with Gasteiger partial charge in [-0.2, -0.15) is 0 Å². The SMILES string of the molecule is CC1CCc2c(sc(NC(=O)CN3CCC(c4c[nH]c5ncccc45)CC3)c2C(=O)c2ccc(C(C)(C)C)cc2)C1. The lowest BCUT2D eigenvalue weighted by molar-refractivity contribution is -0.117. The first-order valence-corrected chi connectivity index (χ1v) is 15.7. The van der Waals surface area contributed by atoms with Gasteiger partial charge in [-0.05, 0) is 91.3 Å². The van der Waals surface area contributed by atoms with Crippen molar-refractivity contribution in [1.82, 2.24) is 14.9 Å². The van der Waals surface area contributed by atoms with E-state index < -0.39 is 0 Å². The summed E-state index contributed by atoms with van der Waals surface area (Å²) in [6.45, 7) is 10.9. The van der Waals surface area contributed by atoms with E-state index in [0.717, 1.165) is 61.4 Å². The first-order valence-electron chi connectivity index (χ1n) is 14.9. The number of fused-ring (bicyclic) bond motifs is 2. The number of likely N-dealkylation sites (tertiary alicyclic amines) is 1. The van der Waals surface area contributed by atoms with Crippen LogP contribution in [0.5, 0.6) is 0 Å². The Morgan fingerprint density at radius 2 is 1.85 bits per heavy atom. The number of hydrogen-bond donors (Lipinski definition) is 2. The molecule has 6 nitrogen and oxygen atoms in total. The highest BCUT2D eigenvalue weighted by Gasteiger charge is 2.30. The molecule has 1 unspecified atom stereocenters. The number of hydrogen-bond acceptors (Lipinski definition) is 5. The maximum atomic E-state index is 13.9. The second-order valence-electron chi connectivity index (χ2n) is 13.0. The number of amides is 1. The predicted molar refractivity (Wildman–Crippen MR) is 167 cm³/mol. The van der Waals surface area contributed by atoms with Crippen LogP contribution in [0, 0.1) is 5.92 Å². The van der Waals surface area contributed by atoms with Crippen molar-refractivity contribution < 1.29 is 9.59 Å². The van der Waals surface area contributed by atoms with Gasteiger partial charge in [-0.15, -0.1) is 11.3 Å². The summed E-state index contributed by atoms with van der Waals surface area (Å²) in [4.78, 5) is 38.5. The minimum atomic E-state index is -0.0384. The number of anilines is 1. The quantitative estimate of drug-likeness (QED) is 0.243. The van der Waals surface area contributed by atoms with Crippen molar-refractivity contribution >= 4 is 39.1 Å². The maximum Gasteiger partial charge on any atom is 0.239 e. The monoisotopic (exact) mass is 568 g/mol. The molecule has 1 saturated heterocycles. The molecular formula is C34H40N4O2S. The number of H-pyrrole nitrogens is 1. The minimum Gasteiger partial charge on any atom is -0.346 e. The molecule has 7 heteroatoms. The van der Waals surface area contributed by atoms with E-state index in [-0.39, 0.29) is 17.1 Å². The molecule has 0 bridgehead atoms. The third-order valence-corrected chi connectivity index (χ3v) is 10.1. The molecule has 1 aliphatic carbocycles. The van der Waals surface area contributed by atoms with Crippen LogP contribution in [-0.4, -0.2) is 46.2 Å². The van der Waals surface area contributed by atoms with Crippen molar-refractivity contribution in [2.75, 3.05) is 25.0 Å². The van der Waals surface area contributed by atoms with Crippen LogP contribution >= 0.6 is 11.3 Å². The van der Waals surface area contributed by atoms with E-state index in [1.165, 1.54) is 21.4 Å². The normalized spacial score (nSPS) is 18.4. The number of carbonyl (C=O) groups excluding carboxylic acids is 2. The highest BCUT2D eigenvalue weighted by Crippen LogP contribution is 2.41. The summed E-state index contributed by atoms with van der Waals surface area (Å²) in [6, 6.07) is 12.1. The topological polar surface area (TPSA) is 78.1 Å². The smallest absolute Gasteiger partial charge is 0.239 e. The van der Waals surface area contributed by atoms with E-state index >= 15 is 0 Å². The van der Waals surface area contributed by atoms with Gasteiger partial charge in [-0.25, -0.2) is 4.98 Å². The van der Waals surface area contributed by atoms with Gasteiger partial charge in [0.25, 0.3) is 0 Å². The zero-order chi connectivity index (χ0) is 28.7. The zero-order valence-electron chi connectivity index (χ0n) is 24.5. The number of rotatable bonds is 6. The van der Waals surface area contributed by atoms with E-state index in [9.17, 15) is 9.59 Å². The lowest BCUT2D eigenvalue weighted by Gasteiger charge is -2.31. The zero-order valence-corrected chi connectivity index (χ0v) is 25.4. The van der Waals surface area contributed by atoms with Crippen LogP contribution in [0.3, 0.4) is 0 Å². The van der Waals surface area contributed by atoms with Crippen molar-refractivity contribution in [2.45, 2.75) is 71.1 Å². The Labute approximate surface area is 246 Å². The minimum absolute atomic E-state index is 0.0156. The highest BCUT2D eigenvalue weighted by atomic mass is 32.1. The van der Waals surface area contributed by atoms with Crippen molar-refractivity contribution in [3.63, 3.8) is 0 Å². The molecule has 1 amide bonds. The summed E-state index contributed by atoms with van der Waals surface area (Å²) >= 11 is 1.61. The second-order valence-corrected chi connectivity index (χ2v) is 14.1. The van der Waals surface area contributed by atoms with Crippen LogP contribution in [0.4, 0.5) is 5.00 Å². The summed E-state index contributed by atoms with van der Waals surface area (Å²) in [5, 5.41) is 5.10. The van der Waals surface area contributed by atoms with Crippen LogP contribution in [0.25, 0.3) is 11.0 Å². The van der Waals surface area contributed by atoms with Gasteiger partial charge >= 0.3 is 0 Å². The summed E-state index contributed by atoms with van der Waals surface area (Å²) in [5.41, 5.74) is 6.03. The summed E-state index contributed by atoms with van der Waals surface area (Å²) < 4.78 is 0. The summed E-state index contributed by atoms with van der Waals surface area (Å²) in [5.74, 6) is 1.03. The molecule has 4 aromatic rings. The lowest BCUT2D eigenvalue weighted by Crippen LogP contribution is -2.38. The average molecular weight is 569 g/mol. The van der Waals surface area contributed by atoms with Crippen LogP contribution in [0.15, 0.2) is 48.8 Å². The van der Waals surface area contributed by atoms with Gasteiger partial charge in [0.2, 0.25) is 5.91 Å². The molecule has 2 aliphatic rings. The molecule has 4 heterocycles. The summed E-state index contributed by atoms with van der Waals surface area (Å²) in [6.07, 6.45) is 8.86. The number of carbonyl (C=O) groups is 2. The maximum absolute atomic E-state index is 13.9. The number of piperidine rings is 1. The third kappa shape index (κ3) is 5.75. The fourth-order valence-electron chi connectivity index (χ4n) is 6.43. The van der Waals surface area contributed by atoms with Crippen LogP contribution < -0.4 is 5.32 Å². The van der Waals surface area contributed by atoms with Gasteiger partial charge in [0.05, 0.1) is 12.1 Å². The van der Waals surface area contributed by atoms with Crippen LogP contribution in [0.1, 0.15) is 90.4 Å². The Hall–Kier alpha value is -3.29. The molecule has 0 spiro atoms. The molecule has 1 atom stereocenters. The van der Waals surface area contributed by atoms with E-state index in [4.69, 9.17) is 0 Å². The molecule has 1 aromatic carbocycles. The van der Waals surface area contributed by atoms with Crippen molar-refractivity contribution in [2.24, 2.45) is 5.92 Å². The van der Waals surface area contributed by atoms with Crippen LogP contribution in [-0.2, 0) is 23.1 Å². The molecule has 1 fully saturated rings. The van der Waals surface area contributed by atoms with Gasteiger partial charge in [0, 0.05) is 28.2 Å². The Morgan fingerprint density at radius 1 is 1.10 bits per heavy atom. The number of ketones is 1. The average Bonchev–Trinajstić information content (AvgIpc) is 3.53. The number of benzene rings is 1. The number of aromatic nitrogens is 2. The Bertz CT molecular complexity index is 1570. The number of thiophene rings is 1. The van der Waals surface area contributed by atoms with E-state index in [1.54, 1.807) is 11.3 Å². The Morgan fingerprint density at radius 3 is 2.59 bits per heavy atom. The van der Waals surface area contributed by atoms with Gasteiger partial charge in [0.15, 0.2) is 5.78 Å². The molecule has 41 heavy (non-hydrogen) atoms. The molecule has 0 radical (unpaired) electrons. The van der Waals surface area contributed by atoms with E-state index in [0.29, 0.717) is 29.5 Å². The number of pyridine rings is 1. The van der Waals surface area contributed by atoms with E-state index in [1.807, 2.05) is 24.4 Å². The standard InChI is InChI=1S/C34H40N4O2S/c1-21-7-12-26-28(18-21)41-33(30(26)31(40)23-8-10-24(11-9-23)34(2,3)4)37-29(39)20-38-16-13-22(14-17-38)27-19-36-32-25(27)6-5-15-35-32/h5-6,8-11,15,19,21-22H,7,12-14,16-18,20H2,1-4H3,(H,35,36)(H,37,39). The van der Waals surface area contributed by atoms with Gasteiger partial charge in [0.1, 0.15) is 10.6 Å². The predicted octanol–water partition coefficient (Wildman–Crippen LogP) is 7.10. The highest BCUT2D eigenvalue weighted by molar-refractivity contribution is 7.17. The van der Waals surface area contributed by atoms with Crippen molar-refractivity contribution in [3.05, 3.63) is 81.5 Å². The molecular weight excluding hydrogens is 528 g/mol. The Kier molecular flexibility index (Phi) is 7.60. The van der Waals surface area contributed by atoms with E-state index in [2.05, 4.69) is 72.3 Å².